The Kier molecular flexibility index (Phi) is 4.97. The summed E-state index contributed by atoms with van der Waals surface area (Å²) in [4.78, 5) is 12.1. The molecule has 0 saturated carbocycles. The van der Waals surface area contributed by atoms with Gasteiger partial charge in [0.25, 0.3) is 0 Å². The highest BCUT2D eigenvalue weighted by Gasteiger charge is 2.20. The van der Waals surface area contributed by atoms with Gasteiger partial charge in [-0.05, 0) is 44.7 Å². The van der Waals surface area contributed by atoms with Crippen LogP contribution in [0.15, 0.2) is 30.3 Å². The van der Waals surface area contributed by atoms with E-state index in [4.69, 9.17) is 0 Å². The number of hydrogen-bond donors (Lipinski definition) is 2. The van der Waals surface area contributed by atoms with Crippen LogP contribution >= 0.6 is 0 Å². The lowest BCUT2D eigenvalue weighted by Crippen LogP contribution is -2.42. The predicted octanol–water partition coefficient (Wildman–Crippen LogP) is 2.29. The lowest BCUT2D eigenvalue weighted by Gasteiger charge is -2.28. The van der Waals surface area contributed by atoms with E-state index in [1.54, 1.807) is 0 Å². The molecular weight excluding hydrogens is 236 g/mol. The van der Waals surface area contributed by atoms with Crippen molar-refractivity contribution in [2.45, 2.75) is 38.6 Å². The molecule has 0 aromatic heterocycles. The second kappa shape index (κ2) is 6.71. The van der Waals surface area contributed by atoms with Crippen molar-refractivity contribution >= 4 is 5.91 Å². The highest BCUT2D eigenvalue weighted by molar-refractivity contribution is 5.83. The normalized spacial score (nSPS) is 24.7. The summed E-state index contributed by atoms with van der Waals surface area (Å²) in [5.74, 6) is 0.629. The van der Waals surface area contributed by atoms with Gasteiger partial charge in [-0.25, -0.2) is 0 Å². The van der Waals surface area contributed by atoms with Crippen molar-refractivity contribution in [2.75, 3.05) is 13.1 Å². The molecule has 2 rings (SSSR count). The van der Waals surface area contributed by atoms with Gasteiger partial charge in [-0.1, -0.05) is 30.3 Å². The standard InChI is InChI=1S/C16H24N2O/c1-12-8-9-14(10-17-12)11-18-16(19)13(2)15-6-4-3-5-7-15/h3-7,12-14,17H,8-11H2,1-2H3,(H,18,19). The van der Waals surface area contributed by atoms with Gasteiger partial charge in [0, 0.05) is 12.6 Å². The summed E-state index contributed by atoms with van der Waals surface area (Å²) >= 11 is 0. The first-order valence-electron chi connectivity index (χ1n) is 7.23. The van der Waals surface area contributed by atoms with Crippen LogP contribution in [0.2, 0.25) is 0 Å². The molecule has 1 amide bonds. The van der Waals surface area contributed by atoms with E-state index in [1.165, 1.54) is 12.8 Å². The molecule has 1 fully saturated rings. The number of benzene rings is 1. The summed E-state index contributed by atoms with van der Waals surface area (Å²) in [5, 5.41) is 6.55. The van der Waals surface area contributed by atoms with Crippen LogP contribution in [0, 0.1) is 5.92 Å². The molecular formula is C16H24N2O. The molecule has 3 nitrogen and oxygen atoms in total. The summed E-state index contributed by atoms with van der Waals surface area (Å²) in [6.45, 7) is 5.98. The van der Waals surface area contributed by atoms with Gasteiger partial charge >= 0.3 is 0 Å². The van der Waals surface area contributed by atoms with Gasteiger partial charge < -0.3 is 10.6 Å². The van der Waals surface area contributed by atoms with Gasteiger partial charge in [0.2, 0.25) is 5.91 Å². The molecule has 1 aliphatic heterocycles. The third-order valence-corrected chi connectivity index (χ3v) is 4.02. The van der Waals surface area contributed by atoms with Crippen molar-refractivity contribution in [3.05, 3.63) is 35.9 Å². The molecule has 0 bridgehead atoms. The van der Waals surface area contributed by atoms with Crippen molar-refractivity contribution < 1.29 is 4.79 Å². The van der Waals surface area contributed by atoms with Gasteiger partial charge in [-0.15, -0.1) is 0 Å². The second-order valence-corrected chi connectivity index (χ2v) is 5.63. The van der Waals surface area contributed by atoms with Crippen LogP contribution < -0.4 is 10.6 Å². The van der Waals surface area contributed by atoms with Crippen molar-refractivity contribution in [1.29, 1.82) is 0 Å². The fraction of sp³-hybridized carbons (Fsp3) is 0.562. The largest absolute Gasteiger partial charge is 0.355 e. The molecule has 0 spiro atoms. The Morgan fingerprint density at radius 3 is 2.74 bits per heavy atom. The first-order valence-corrected chi connectivity index (χ1v) is 7.23. The maximum Gasteiger partial charge on any atom is 0.227 e. The number of carbonyl (C=O) groups excluding carboxylic acids is 1. The molecule has 104 valence electrons. The SMILES string of the molecule is CC1CCC(CNC(=O)C(C)c2ccccc2)CN1. The molecule has 3 atom stereocenters. The molecule has 19 heavy (non-hydrogen) atoms. The molecule has 3 heteroatoms. The molecule has 3 unspecified atom stereocenters. The quantitative estimate of drug-likeness (QED) is 0.872. The van der Waals surface area contributed by atoms with E-state index in [1.807, 2.05) is 37.3 Å². The minimum absolute atomic E-state index is 0.0725. The van der Waals surface area contributed by atoms with Crippen LogP contribution in [0.4, 0.5) is 0 Å². The Balaban J connectivity index is 1.78. The number of rotatable bonds is 4. The highest BCUT2D eigenvalue weighted by atomic mass is 16.1. The number of hydrogen-bond acceptors (Lipinski definition) is 2. The van der Waals surface area contributed by atoms with E-state index in [-0.39, 0.29) is 11.8 Å². The smallest absolute Gasteiger partial charge is 0.227 e. The van der Waals surface area contributed by atoms with Gasteiger partial charge in [-0.2, -0.15) is 0 Å². The zero-order valence-electron chi connectivity index (χ0n) is 11.9. The molecule has 1 aromatic carbocycles. The summed E-state index contributed by atoms with van der Waals surface area (Å²) in [6.07, 6.45) is 2.41. The Hall–Kier alpha value is -1.35. The number of carbonyl (C=O) groups is 1. The van der Waals surface area contributed by atoms with Crippen molar-refractivity contribution in [2.24, 2.45) is 5.92 Å². The molecule has 1 heterocycles. The van der Waals surface area contributed by atoms with Crippen LogP contribution in [0.3, 0.4) is 0 Å². The molecule has 0 aliphatic carbocycles. The van der Waals surface area contributed by atoms with Crippen LogP contribution in [0.1, 0.15) is 38.2 Å². The maximum absolute atomic E-state index is 12.1. The van der Waals surface area contributed by atoms with E-state index in [0.717, 1.165) is 18.7 Å². The lowest BCUT2D eigenvalue weighted by atomic mass is 9.95. The molecule has 1 aliphatic rings. The van der Waals surface area contributed by atoms with Gasteiger partial charge in [0.15, 0.2) is 0 Å². The molecule has 2 N–H and O–H groups in total. The minimum atomic E-state index is -0.0725. The van der Waals surface area contributed by atoms with Crippen LogP contribution in [-0.2, 0) is 4.79 Å². The first-order chi connectivity index (χ1) is 9.16. The predicted molar refractivity (Wildman–Crippen MR) is 78.1 cm³/mol. The molecule has 0 radical (unpaired) electrons. The average Bonchev–Trinajstić information content (AvgIpc) is 2.46. The third-order valence-electron chi connectivity index (χ3n) is 4.02. The number of nitrogens with one attached hydrogen (secondary N) is 2. The summed E-state index contributed by atoms with van der Waals surface area (Å²) in [5.41, 5.74) is 1.08. The summed E-state index contributed by atoms with van der Waals surface area (Å²) < 4.78 is 0. The Bertz CT molecular complexity index is 396. The van der Waals surface area contributed by atoms with E-state index in [0.29, 0.717) is 12.0 Å². The zero-order chi connectivity index (χ0) is 13.7. The van der Waals surface area contributed by atoms with Crippen molar-refractivity contribution in [1.82, 2.24) is 10.6 Å². The Morgan fingerprint density at radius 2 is 2.11 bits per heavy atom. The average molecular weight is 260 g/mol. The lowest BCUT2D eigenvalue weighted by molar-refractivity contribution is -0.122. The minimum Gasteiger partial charge on any atom is -0.355 e. The zero-order valence-corrected chi connectivity index (χ0v) is 11.9. The molecule has 1 saturated heterocycles. The second-order valence-electron chi connectivity index (χ2n) is 5.63. The van der Waals surface area contributed by atoms with Gasteiger partial charge in [0.05, 0.1) is 5.92 Å². The third kappa shape index (κ3) is 4.06. The van der Waals surface area contributed by atoms with Crippen LogP contribution in [0.25, 0.3) is 0 Å². The maximum atomic E-state index is 12.1. The fourth-order valence-corrected chi connectivity index (χ4v) is 2.52. The number of piperidine rings is 1. The summed E-state index contributed by atoms with van der Waals surface area (Å²) in [7, 11) is 0. The van der Waals surface area contributed by atoms with E-state index >= 15 is 0 Å². The van der Waals surface area contributed by atoms with Crippen molar-refractivity contribution in [3.8, 4) is 0 Å². The fourth-order valence-electron chi connectivity index (χ4n) is 2.52. The van der Waals surface area contributed by atoms with Crippen molar-refractivity contribution in [3.63, 3.8) is 0 Å². The Labute approximate surface area is 115 Å². The topological polar surface area (TPSA) is 41.1 Å². The monoisotopic (exact) mass is 260 g/mol. The van der Waals surface area contributed by atoms with Gasteiger partial charge in [0.1, 0.15) is 0 Å². The van der Waals surface area contributed by atoms with E-state index < -0.39 is 0 Å². The Morgan fingerprint density at radius 1 is 1.37 bits per heavy atom. The van der Waals surface area contributed by atoms with E-state index in [2.05, 4.69) is 17.6 Å². The first kappa shape index (κ1) is 14.1. The van der Waals surface area contributed by atoms with Gasteiger partial charge in [-0.3, -0.25) is 4.79 Å². The molecule has 1 aromatic rings. The van der Waals surface area contributed by atoms with E-state index in [9.17, 15) is 4.79 Å². The number of amides is 1. The van der Waals surface area contributed by atoms with Crippen LogP contribution in [0.5, 0.6) is 0 Å². The highest BCUT2D eigenvalue weighted by Crippen LogP contribution is 2.16. The van der Waals surface area contributed by atoms with Crippen LogP contribution in [-0.4, -0.2) is 25.0 Å². The summed E-state index contributed by atoms with van der Waals surface area (Å²) in [6, 6.07) is 10.6.